The monoisotopic (exact) mass is 1480 g/mol. The van der Waals surface area contributed by atoms with Gasteiger partial charge >= 0.3 is 11.9 Å². The highest BCUT2D eigenvalue weighted by Crippen LogP contribution is 2.30. The van der Waals surface area contributed by atoms with Gasteiger partial charge in [-0.3, -0.25) is 43.3 Å². The largest absolute Gasteiger partial charge is 0.505 e. The molecular formula is C78H101FN12O16. The average molecular weight is 1480 g/mol. The number of halogens is 1. The molecule has 2 aromatic heterocycles. The predicted molar refractivity (Wildman–Crippen MR) is 392 cm³/mol. The van der Waals surface area contributed by atoms with E-state index in [4.69, 9.17) is 18.6 Å². The zero-order valence-electron chi connectivity index (χ0n) is 62.3. The van der Waals surface area contributed by atoms with E-state index in [0.29, 0.717) is 76.2 Å². The lowest BCUT2D eigenvalue weighted by atomic mass is 9.94. The van der Waals surface area contributed by atoms with Gasteiger partial charge < -0.3 is 74.6 Å². The number of pyridine rings is 1. The van der Waals surface area contributed by atoms with E-state index < -0.39 is 132 Å². The van der Waals surface area contributed by atoms with Gasteiger partial charge in [-0.05, 0) is 105 Å². The number of fused-ring (bicyclic) bond motifs is 5. The second kappa shape index (κ2) is 37.9. The van der Waals surface area contributed by atoms with E-state index in [1.807, 2.05) is 70.1 Å². The third-order valence-electron chi connectivity index (χ3n) is 20.0. The number of carbonyl (C=O) groups is 10. The first-order valence-electron chi connectivity index (χ1n) is 36.7. The molecule has 4 fully saturated rings. The van der Waals surface area contributed by atoms with Gasteiger partial charge in [0.05, 0.1) is 25.7 Å². The average Bonchev–Trinajstić information content (AvgIpc) is 1.67. The SMILES string of the molecule is CC1=C/[C@@H](O)C[C@@H](F)Cc2nc(co2)C(=O)N2CCC[C@@H]2C(=O)O[C@H](C(C)C)[C@H](C)/C=C\C(=O)NC/C=C\1.CC[C@H]1NC(=O)[C@@H](NC(=O)c2ncccc2O)[C@@H](C)OC(=O)[C@H](c2ccccc2)NC(=O)[C@@H]2CC=C(CN3CCOCC3)CN2C(=O)[C@H](Cc2ccc(N(C)C)cc2)N(C)C(=O)[C@@H]2CCCN2C1=O. The van der Waals surface area contributed by atoms with E-state index in [1.165, 1.54) is 63.3 Å². The normalized spacial score (nSPS) is 27.9. The molecule has 2 bridgehead atoms. The molecule has 2 aromatic carbocycles. The Morgan fingerprint density at radius 3 is 2.21 bits per heavy atom. The molecule has 8 amide bonds. The molecule has 28 nitrogen and oxygen atoms in total. The minimum atomic E-state index is -1.66. The van der Waals surface area contributed by atoms with Gasteiger partial charge in [0.2, 0.25) is 35.4 Å². The molecule has 576 valence electrons. The second-order valence-corrected chi connectivity index (χ2v) is 28.5. The molecule has 0 spiro atoms. The molecule has 107 heavy (non-hydrogen) atoms. The number of esters is 2. The van der Waals surface area contributed by atoms with E-state index >= 15 is 4.79 Å². The van der Waals surface area contributed by atoms with E-state index in [-0.39, 0.29) is 81.1 Å². The zero-order valence-corrected chi connectivity index (χ0v) is 62.3. The van der Waals surface area contributed by atoms with Gasteiger partial charge in [0.15, 0.2) is 23.3 Å². The van der Waals surface area contributed by atoms with Crippen LogP contribution in [0, 0.1) is 11.8 Å². The smallest absolute Gasteiger partial charge is 0.333 e. The molecule has 0 saturated carbocycles. The number of nitrogens with one attached hydrogen (secondary N) is 4. The number of aliphatic hydroxyl groups excluding tert-OH is 1. The Labute approximate surface area is 623 Å². The van der Waals surface area contributed by atoms with Crippen molar-refractivity contribution in [2.45, 2.75) is 166 Å². The van der Waals surface area contributed by atoms with Crippen LogP contribution in [0.3, 0.4) is 0 Å². The fourth-order valence-electron chi connectivity index (χ4n) is 14.1. The second-order valence-electron chi connectivity index (χ2n) is 28.5. The Balaban J connectivity index is 0.000000294. The minimum Gasteiger partial charge on any atom is -0.505 e. The van der Waals surface area contributed by atoms with Crippen molar-refractivity contribution in [1.82, 2.24) is 55.7 Å². The molecule has 12 atom stereocenters. The molecule has 0 radical (unpaired) electrons. The van der Waals surface area contributed by atoms with Crippen molar-refractivity contribution >= 4 is 64.9 Å². The number of alkyl halides is 1. The van der Waals surface area contributed by atoms with Crippen LogP contribution in [0.1, 0.15) is 131 Å². The first-order chi connectivity index (χ1) is 51.2. The van der Waals surface area contributed by atoms with Crippen LogP contribution in [0.2, 0.25) is 0 Å². The van der Waals surface area contributed by atoms with Crippen molar-refractivity contribution in [2.24, 2.45) is 11.8 Å². The van der Waals surface area contributed by atoms with Gasteiger partial charge in [0.25, 0.3) is 11.8 Å². The fourth-order valence-corrected chi connectivity index (χ4v) is 14.1. The van der Waals surface area contributed by atoms with Gasteiger partial charge in [-0.2, -0.15) is 0 Å². The number of oxazole rings is 1. The summed E-state index contributed by atoms with van der Waals surface area (Å²) in [4.78, 5) is 159. The summed E-state index contributed by atoms with van der Waals surface area (Å²) in [7, 11) is 5.38. The number of anilines is 1. The summed E-state index contributed by atoms with van der Waals surface area (Å²) < 4.78 is 37.4. The Kier molecular flexibility index (Phi) is 28.7. The van der Waals surface area contributed by atoms with Crippen LogP contribution in [0.25, 0.3) is 0 Å². The van der Waals surface area contributed by atoms with Crippen LogP contribution in [0.15, 0.2) is 131 Å². The summed E-state index contributed by atoms with van der Waals surface area (Å²) >= 11 is 0. The highest BCUT2D eigenvalue weighted by Gasteiger charge is 2.46. The lowest BCUT2D eigenvalue weighted by Crippen LogP contribution is -2.61. The van der Waals surface area contributed by atoms with Crippen molar-refractivity contribution in [3.8, 4) is 5.75 Å². The molecule has 4 aromatic rings. The van der Waals surface area contributed by atoms with E-state index in [1.54, 1.807) is 69.5 Å². The Hall–Kier alpha value is -10.1. The van der Waals surface area contributed by atoms with Crippen molar-refractivity contribution in [2.75, 3.05) is 85.1 Å². The molecule has 10 rings (SSSR count). The van der Waals surface area contributed by atoms with Crippen LogP contribution in [0.4, 0.5) is 10.1 Å². The summed E-state index contributed by atoms with van der Waals surface area (Å²) in [5.41, 5.74) is 3.22. The summed E-state index contributed by atoms with van der Waals surface area (Å²) in [5.74, 6) is -7.05. The highest BCUT2D eigenvalue weighted by atomic mass is 19.1. The van der Waals surface area contributed by atoms with Crippen LogP contribution in [-0.4, -0.2) is 245 Å². The number of likely N-dealkylation sites (N-methyl/N-ethyl adjacent to an activating group) is 1. The summed E-state index contributed by atoms with van der Waals surface area (Å²) in [5, 5.41) is 31.6. The molecule has 8 heterocycles. The number of aliphatic hydroxyl groups is 1. The number of hydrogen-bond acceptors (Lipinski definition) is 20. The number of carbonyl (C=O) groups excluding carboxylic acids is 10. The number of nitrogens with zero attached hydrogens (tertiary/aromatic N) is 8. The molecular weight excluding hydrogens is 1380 g/mol. The Morgan fingerprint density at radius 1 is 0.813 bits per heavy atom. The van der Waals surface area contributed by atoms with Crippen LogP contribution < -0.4 is 26.2 Å². The van der Waals surface area contributed by atoms with Gasteiger partial charge in [0, 0.05) is 97.6 Å². The first kappa shape index (κ1) is 81.0. The number of ether oxygens (including phenoxy) is 3. The molecule has 6 aliphatic rings. The number of aromatic hydroxyl groups is 1. The first-order valence-corrected chi connectivity index (χ1v) is 36.7. The number of benzene rings is 2. The molecule has 6 N–H and O–H groups in total. The molecule has 0 unspecified atom stereocenters. The summed E-state index contributed by atoms with van der Waals surface area (Å²) in [6, 6.07) is 10.2. The molecule has 4 saturated heterocycles. The maximum atomic E-state index is 15.5. The fraction of sp³-hybridized carbons (Fsp3) is 0.513. The molecule has 6 aliphatic heterocycles. The third kappa shape index (κ3) is 21.4. The predicted octanol–water partition coefficient (Wildman–Crippen LogP) is 4.87. The van der Waals surface area contributed by atoms with E-state index in [2.05, 4.69) is 36.1 Å². The quantitative estimate of drug-likeness (QED) is 0.0910. The molecule has 0 aliphatic carbocycles. The van der Waals surface area contributed by atoms with Gasteiger partial charge in [-0.15, -0.1) is 0 Å². The maximum Gasteiger partial charge on any atom is 0.333 e. The van der Waals surface area contributed by atoms with Crippen LogP contribution in [-0.2, 0) is 65.4 Å². The standard InChI is InChI=1S/C50H63N9O10.C28H38FN3O6/c1-6-36-47(64)58-23-11-14-38(58)48(65)56(5)39(28-32-16-19-35(20-17-32)55(3)4)49(66)59-30-33(29-57-24-26-68-27-25-57)18-21-37(59)44(61)54-42(34-12-8-7-9-13-34)50(67)69-31(2)41(45(62)52-36)53-46(63)43-40(60)15-10-22-51-43;1-17(2)26-19(4)9-10-24(34)30-11-5-7-18(3)13-21(33)14-20(29)15-25-31-22(16-37-25)27(35)32-12-6-8-23(32)28(36)38-26/h7-10,12-13,15-20,22,31,36-39,41-42,60H,6,11,14,21,23-30H2,1-5H3,(H,52,62)(H,53,63)(H,54,61);5,7,9-10,13,16-17,19-21,23,26,33H,6,8,11-12,14-15H2,1-4H3,(H,30,34)/b;7-5-,10-9-,18-13-/t31-,36-,37+,38+,39+,41+,42+;19-,20-,21-,23-,26-/m11/s1. The number of allylic oxidation sites excluding steroid dienone is 2. The third-order valence-corrected chi connectivity index (χ3v) is 20.0. The van der Waals surface area contributed by atoms with Crippen molar-refractivity contribution in [3.05, 3.63) is 155 Å². The number of hydrogen-bond donors (Lipinski definition) is 6. The van der Waals surface area contributed by atoms with Crippen LogP contribution in [0.5, 0.6) is 5.75 Å². The van der Waals surface area contributed by atoms with E-state index in [9.17, 15) is 57.8 Å². The van der Waals surface area contributed by atoms with E-state index in [0.717, 1.165) is 16.8 Å². The minimum absolute atomic E-state index is 0.00515. The number of amides is 8. The highest BCUT2D eigenvalue weighted by molar-refractivity contribution is 6.01. The Bertz CT molecular complexity index is 3930. The summed E-state index contributed by atoms with van der Waals surface area (Å²) in [6.07, 6.45) is 9.80. The number of aromatic nitrogens is 2. The van der Waals surface area contributed by atoms with Gasteiger partial charge in [0.1, 0.15) is 66.6 Å². The van der Waals surface area contributed by atoms with Crippen molar-refractivity contribution < 1.29 is 81.2 Å². The zero-order chi connectivity index (χ0) is 77.2. The molecule has 29 heteroatoms. The van der Waals surface area contributed by atoms with Gasteiger partial charge in [-0.25, -0.2) is 23.9 Å². The topological polar surface area (TPSA) is 345 Å². The summed E-state index contributed by atoms with van der Waals surface area (Å²) in [6.45, 7) is 14.4. The van der Waals surface area contributed by atoms with Gasteiger partial charge in [-0.1, -0.05) is 106 Å². The lowest BCUT2D eigenvalue weighted by molar-refractivity contribution is -0.158. The van der Waals surface area contributed by atoms with Crippen molar-refractivity contribution in [1.29, 1.82) is 0 Å². The number of rotatable bonds is 10. The van der Waals surface area contributed by atoms with Crippen molar-refractivity contribution in [3.63, 3.8) is 0 Å². The lowest BCUT2D eigenvalue weighted by Gasteiger charge is -2.41. The maximum absolute atomic E-state index is 15.5. The number of cyclic esters (lactones) is 2. The van der Waals surface area contributed by atoms with Crippen LogP contribution >= 0.6 is 0 Å². The number of morpholine rings is 1. The Morgan fingerprint density at radius 2 is 1.52 bits per heavy atom.